The molecule has 4 N–H and O–H groups in total. The van der Waals surface area contributed by atoms with Crippen molar-refractivity contribution in [3.63, 3.8) is 0 Å². The van der Waals surface area contributed by atoms with Crippen LogP contribution in [0.3, 0.4) is 0 Å². The summed E-state index contributed by atoms with van der Waals surface area (Å²) < 4.78 is 0. The Morgan fingerprint density at radius 2 is 1.54 bits per heavy atom. The van der Waals surface area contributed by atoms with Crippen molar-refractivity contribution in [1.82, 2.24) is 0 Å². The van der Waals surface area contributed by atoms with Crippen LogP contribution in [0.15, 0.2) is 54.6 Å². The second-order valence-corrected chi connectivity index (χ2v) is 6.25. The molecule has 142 valence electrons. The Balaban J connectivity index is 1.73. The second-order valence-electron chi connectivity index (χ2n) is 6.25. The van der Waals surface area contributed by atoms with Gasteiger partial charge in [-0.3, -0.25) is 4.79 Å². The number of phenols is 1. The number of hydrogen-bond donors (Lipinski definition) is 4. The fraction of sp³-hybridized carbons (Fsp3) is 0.0952. The molecule has 0 unspecified atom stereocenters. The van der Waals surface area contributed by atoms with Gasteiger partial charge in [-0.15, -0.1) is 0 Å². The number of anilines is 1. The van der Waals surface area contributed by atoms with Crippen LogP contribution in [-0.4, -0.2) is 33.2 Å². The Hall–Kier alpha value is -3.87. The van der Waals surface area contributed by atoms with Gasteiger partial charge in [-0.2, -0.15) is 0 Å². The largest absolute Gasteiger partial charge is 0.507 e. The molecular weight excluding hydrogens is 362 g/mol. The van der Waals surface area contributed by atoms with Gasteiger partial charge < -0.3 is 20.6 Å². The number of nitrogens with one attached hydrogen (secondary N) is 1. The first-order chi connectivity index (χ1) is 13.3. The molecule has 7 nitrogen and oxygen atoms in total. The smallest absolute Gasteiger partial charge is 0.339 e. The lowest BCUT2D eigenvalue weighted by Gasteiger charge is -2.09. The molecule has 0 saturated heterocycles. The lowest BCUT2D eigenvalue weighted by Crippen LogP contribution is -2.15. The molecule has 0 heterocycles. The highest BCUT2D eigenvalue weighted by molar-refractivity contribution is 6.00. The van der Waals surface area contributed by atoms with Crippen LogP contribution in [-0.2, 0) is 11.2 Å². The summed E-state index contributed by atoms with van der Waals surface area (Å²) in [4.78, 5) is 34.6. The summed E-state index contributed by atoms with van der Waals surface area (Å²) in [5.74, 6) is -2.97. The molecule has 28 heavy (non-hydrogen) atoms. The molecule has 3 aromatic carbocycles. The second kappa shape index (κ2) is 7.79. The number of carboxylic acids is 2. The molecule has 0 aliphatic carbocycles. The molecule has 0 spiro atoms. The molecule has 0 bridgehead atoms. The van der Waals surface area contributed by atoms with Crippen molar-refractivity contribution < 1.29 is 29.7 Å². The fourth-order valence-electron chi connectivity index (χ4n) is 2.91. The minimum atomic E-state index is -1.22. The Labute approximate surface area is 159 Å². The Bertz CT molecular complexity index is 1090. The maximum Gasteiger partial charge on any atom is 0.339 e. The minimum Gasteiger partial charge on any atom is -0.507 e. The van der Waals surface area contributed by atoms with E-state index in [1.165, 1.54) is 24.3 Å². The molecule has 3 aromatic rings. The molecule has 0 aromatic heterocycles. The summed E-state index contributed by atoms with van der Waals surface area (Å²) >= 11 is 0. The first kappa shape index (κ1) is 18.9. The SMILES string of the molecule is O=C(CCc1ccc2cc(O)c(C(=O)O)cc2c1)Nc1ccccc1C(=O)O. The van der Waals surface area contributed by atoms with E-state index in [4.69, 9.17) is 10.2 Å². The quantitative estimate of drug-likeness (QED) is 0.520. The van der Waals surface area contributed by atoms with E-state index in [9.17, 15) is 19.5 Å². The van der Waals surface area contributed by atoms with Gasteiger partial charge in [0.25, 0.3) is 0 Å². The molecule has 1 amide bonds. The molecule has 0 radical (unpaired) electrons. The van der Waals surface area contributed by atoms with Gasteiger partial charge in [-0.1, -0.05) is 30.3 Å². The van der Waals surface area contributed by atoms with Crippen LogP contribution in [0.1, 0.15) is 32.7 Å². The van der Waals surface area contributed by atoms with Crippen molar-refractivity contribution >= 4 is 34.3 Å². The maximum absolute atomic E-state index is 12.2. The predicted octanol–water partition coefficient (Wildman–Crippen LogP) is 3.51. The van der Waals surface area contributed by atoms with Crippen LogP contribution in [0, 0.1) is 0 Å². The Morgan fingerprint density at radius 1 is 0.821 bits per heavy atom. The molecule has 7 heteroatoms. The number of para-hydroxylation sites is 1. The molecular formula is C21H17NO6. The number of carbonyl (C=O) groups excluding carboxylic acids is 1. The summed E-state index contributed by atoms with van der Waals surface area (Å²) in [7, 11) is 0. The molecule has 0 aliphatic heterocycles. The third kappa shape index (κ3) is 4.09. The average molecular weight is 379 g/mol. The topological polar surface area (TPSA) is 124 Å². The zero-order valence-electron chi connectivity index (χ0n) is 14.7. The van der Waals surface area contributed by atoms with E-state index in [-0.39, 0.29) is 34.9 Å². The molecule has 0 aliphatic rings. The monoisotopic (exact) mass is 379 g/mol. The van der Waals surface area contributed by atoms with Gasteiger partial charge in [0.1, 0.15) is 11.3 Å². The molecule has 0 saturated carbocycles. The Kier molecular flexibility index (Phi) is 5.26. The Morgan fingerprint density at radius 3 is 2.25 bits per heavy atom. The molecule has 0 fully saturated rings. The molecule has 3 rings (SSSR count). The average Bonchev–Trinajstić information content (AvgIpc) is 2.66. The minimum absolute atomic E-state index is 0.0163. The van der Waals surface area contributed by atoms with Gasteiger partial charge in [0.15, 0.2) is 0 Å². The lowest BCUT2D eigenvalue weighted by molar-refractivity contribution is -0.116. The van der Waals surface area contributed by atoms with Crippen molar-refractivity contribution in [2.75, 3.05) is 5.32 Å². The number of carbonyl (C=O) groups is 3. The first-order valence-corrected chi connectivity index (χ1v) is 8.46. The number of aromatic carboxylic acids is 2. The van der Waals surface area contributed by atoms with Crippen molar-refractivity contribution in [3.05, 3.63) is 71.3 Å². The standard InChI is InChI=1S/C21H17NO6/c23-18-11-13-7-5-12(9-14(13)10-16(18)21(27)28)6-8-19(24)22-17-4-2-1-3-15(17)20(25)26/h1-5,7,9-11,23H,6,8H2,(H,22,24)(H,25,26)(H,27,28). The van der Waals surface area contributed by atoms with Crippen LogP contribution in [0.25, 0.3) is 10.8 Å². The van der Waals surface area contributed by atoms with Gasteiger partial charge in [0.2, 0.25) is 5.91 Å². The summed E-state index contributed by atoms with van der Waals surface area (Å²) in [6.07, 6.45) is 0.517. The van der Waals surface area contributed by atoms with Gasteiger partial charge in [-0.25, -0.2) is 9.59 Å². The zero-order chi connectivity index (χ0) is 20.3. The van der Waals surface area contributed by atoms with E-state index in [0.29, 0.717) is 17.2 Å². The van der Waals surface area contributed by atoms with Crippen molar-refractivity contribution in [2.24, 2.45) is 0 Å². The van der Waals surface area contributed by atoms with Crippen molar-refractivity contribution in [2.45, 2.75) is 12.8 Å². The van der Waals surface area contributed by atoms with E-state index in [2.05, 4.69) is 5.32 Å². The zero-order valence-corrected chi connectivity index (χ0v) is 14.7. The predicted molar refractivity (Wildman–Crippen MR) is 103 cm³/mol. The lowest BCUT2D eigenvalue weighted by atomic mass is 10.0. The van der Waals surface area contributed by atoms with Crippen molar-refractivity contribution in [1.29, 1.82) is 0 Å². The van der Waals surface area contributed by atoms with E-state index >= 15 is 0 Å². The van der Waals surface area contributed by atoms with Crippen LogP contribution in [0.2, 0.25) is 0 Å². The third-order valence-corrected chi connectivity index (χ3v) is 4.32. The van der Waals surface area contributed by atoms with E-state index in [1.807, 2.05) is 0 Å². The number of hydrogen-bond acceptors (Lipinski definition) is 4. The highest BCUT2D eigenvalue weighted by Crippen LogP contribution is 2.26. The summed E-state index contributed by atoms with van der Waals surface area (Å²) in [6, 6.07) is 14.2. The summed E-state index contributed by atoms with van der Waals surface area (Å²) in [6.45, 7) is 0. The van der Waals surface area contributed by atoms with Gasteiger partial charge in [-0.05, 0) is 47.0 Å². The number of aryl methyl sites for hydroxylation is 1. The number of aromatic hydroxyl groups is 1. The van der Waals surface area contributed by atoms with E-state index in [1.54, 1.807) is 30.3 Å². The normalized spacial score (nSPS) is 10.6. The van der Waals surface area contributed by atoms with Crippen molar-refractivity contribution in [3.8, 4) is 5.75 Å². The van der Waals surface area contributed by atoms with Crippen LogP contribution < -0.4 is 5.32 Å². The fourth-order valence-corrected chi connectivity index (χ4v) is 2.91. The van der Waals surface area contributed by atoms with Gasteiger partial charge in [0, 0.05) is 6.42 Å². The molecule has 0 atom stereocenters. The summed E-state index contributed by atoms with van der Waals surface area (Å²) in [5, 5.41) is 32.0. The number of benzene rings is 3. The van der Waals surface area contributed by atoms with Crippen LogP contribution >= 0.6 is 0 Å². The first-order valence-electron chi connectivity index (χ1n) is 8.46. The summed E-state index contributed by atoms with van der Waals surface area (Å²) in [5.41, 5.74) is 0.881. The maximum atomic E-state index is 12.2. The third-order valence-electron chi connectivity index (χ3n) is 4.32. The van der Waals surface area contributed by atoms with Crippen LogP contribution in [0.4, 0.5) is 5.69 Å². The number of amides is 1. The van der Waals surface area contributed by atoms with E-state index < -0.39 is 11.9 Å². The highest BCUT2D eigenvalue weighted by atomic mass is 16.4. The van der Waals surface area contributed by atoms with E-state index in [0.717, 1.165) is 5.56 Å². The number of fused-ring (bicyclic) bond motifs is 1. The van der Waals surface area contributed by atoms with Crippen LogP contribution in [0.5, 0.6) is 5.75 Å². The number of carboxylic acid groups (broad SMARTS) is 2. The van der Waals surface area contributed by atoms with Gasteiger partial charge in [0.05, 0.1) is 11.3 Å². The number of rotatable bonds is 6. The highest BCUT2D eigenvalue weighted by Gasteiger charge is 2.13. The van der Waals surface area contributed by atoms with Gasteiger partial charge >= 0.3 is 11.9 Å².